The molecule has 0 radical (unpaired) electrons. The molecule has 0 unspecified atom stereocenters. The highest BCUT2D eigenvalue weighted by Crippen LogP contribution is 2.37. The van der Waals surface area contributed by atoms with Crippen molar-refractivity contribution in [2.75, 3.05) is 13.7 Å². The molecule has 0 spiro atoms. The minimum Gasteiger partial charge on any atom is -0.493 e. The van der Waals surface area contributed by atoms with Crippen LogP contribution in [0.3, 0.4) is 0 Å². The van der Waals surface area contributed by atoms with Gasteiger partial charge in [-0.2, -0.15) is 0 Å². The van der Waals surface area contributed by atoms with Crippen LogP contribution in [0.5, 0.6) is 11.5 Å². The second-order valence-electron chi connectivity index (χ2n) is 7.22. The minimum atomic E-state index is 0.343. The van der Waals surface area contributed by atoms with Gasteiger partial charge in [-0.15, -0.1) is 0 Å². The number of aromatic nitrogens is 2. The number of benzene rings is 3. The summed E-state index contributed by atoms with van der Waals surface area (Å²) in [5.74, 6) is 2.31. The van der Waals surface area contributed by atoms with Gasteiger partial charge in [0.2, 0.25) is 0 Å². The summed E-state index contributed by atoms with van der Waals surface area (Å²) in [6, 6.07) is 17.3. The molecule has 3 aromatic carbocycles. The number of methoxy groups -OCH3 is 1. The summed E-state index contributed by atoms with van der Waals surface area (Å²) in [5, 5.41) is 4.50. The SMILES string of the molecule is COc1ccc(Br)c(CNCCc2nc3ccccc3[nH]2)c1OCc1ccc(Cl)c(Cl)c1. The second-order valence-corrected chi connectivity index (χ2v) is 8.89. The molecule has 32 heavy (non-hydrogen) atoms. The molecule has 8 heteroatoms. The van der Waals surface area contributed by atoms with Gasteiger partial charge >= 0.3 is 0 Å². The van der Waals surface area contributed by atoms with Gasteiger partial charge in [0.15, 0.2) is 11.5 Å². The Labute approximate surface area is 205 Å². The van der Waals surface area contributed by atoms with Gasteiger partial charge in [-0.1, -0.05) is 57.3 Å². The number of nitrogens with zero attached hydrogens (tertiary/aromatic N) is 1. The van der Waals surface area contributed by atoms with E-state index in [1.165, 1.54) is 0 Å². The molecule has 0 saturated heterocycles. The van der Waals surface area contributed by atoms with Gasteiger partial charge in [0.25, 0.3) is 0 Å². The first-order valence-electron chi connectivity index (χ1n) is 10.1. The first-order chi connectivity index (χ1) is 15.5. The fraction of sp³-hybridized carbons (Fsp3) is 0.208. The molecule has 0 atom stereocenters. The molecule has 0 bridgehead atoms. The van der Waals surface area contributed by atoms with Gasteiger partial charge in [0.05, 0.1) is 28.2 Å². The lowest BCUT2D eigenvalue weighted by Gasteiger charge is -2.17. The Morgan fingerprint density at radius 1 is 1.06 bits per heavy atom. The predicted molar refractivity (Wildman–Crippen MR) is 133 cm³/mol. The van der Waals surface area contributed by atoms with E-state index >= 15 is 0 Å². The third-order valence-corrected chi connectivity index (χ3v) is 6.52. The maximum absolute atomic E-state index is 6.16. The molecule has 0 saturated carbocycles. The Bertz CT molecular complexity index is 1200. The van der Waals surface area contributed by atoms with E-state index in [1.54, 1.807) is 19.2 Å². The Morgan fingerprint density at radius 2 is 1.91 bits per heavy atom. The molecule has 0 aliphatic carbocycles. The maximum atomic E-state index is 6.16. The molecule has 166 valence electrons. The zero-order valence-electron chi connectivity index (χ0n) is 17.4. The highest BCUT2D eigenvalue weighted by atomic mass is 79.9. The summed E-state index contributed by atoms with van der Waals surface area (Å²) in [6.07, 6.45) is 0.787. The highest BCUT2D eigenvalue weighted by molar-refractivity contribution is 9.10. The van der Waals surface area contributed by atoms with Gasteiger partial charge < -0.3 is 19.8 Å². The smallest absolute Gasteiger partial charge is 0.167 e. The van der Waals surface area contributed by atoms with E-state index in [2.05, 4.69) is 31.2 Å². The van der Waals surface area contributed by atoms with Crippen LogP contribution in [-0.4, -0.2) is 23.6 Å². The van der Waals surface area contributed by atoms with E-state index in [1.807, 2.05) is 42.5 Å². The molecule has 2 N–H and O–H groups in total. The molecular weight excluding hydrogens is 513 g/mol. The molecule has 0 amide bonds. The molecule has 0 fully saturated rings. The van der Waals surface area contributed by atoms with E-state index in [0.717, 1.165) is 45.4 Å². The number of hydrogen-bond donors (Lipinski definition) is 2. The van der Waals surface area contributed by atoms with Crippen molar-refractivity contribution >= 4 is 50.2 Å². The van der Waals surface area contributed by atoms with Crippen LogP contribution in [0.15, 0.2) is 59.1 Å². The van der Waals surface area contributed by atoms with E-state index in [4.69, 9.17) is 32.7 Å². The summed E-state index contributed by atoms with van der Waals surface area (Å²) in [4.78, 5) is 7.98. The van der Waals surface area contributed by atoms with Crippen LogP contribution in [0.2, 0.25) is 10.0 Å². The van der Waals surface area contributed by atoms with Gasteiger partial charge in [0.1, 0.15) is 12.4 Å². The normalized spacial score (nSPS) is 11.1. The molecule has 1 aromatic heterocycles. The van der Waals surface area contributed by atoms with Crippen LogP contribution in [-0.2, 0) is 19.6 Å². The largest absolute Gasteiger partial charge is 0.493 e. The minimum absolute atomic E-state index is 0.343. The fourth-order valence-electron chi connectivity index (χ4n) is 3.40. The third kappa shape index (κ3) is 5.38. The summed E-state index contributed by atoms with van der Waals surface area (Å²) in [7, 11) is 1.63. The van der Waals surface area contributed by atoms with Gasteiger partial charge in [-0.25, -0.2) is 4.98 Å². The molecule has 0 aliphatic heterocycles. The van der Waals surface area contributed by atoms with Crippen LogP contribution >= 0.6 is 39.1 Å². The van der Waals surface area contributed by atoms with Crippen molar-refractivity contribution in [3.05, 3.63) is 86.1 Å². The molecule has 1 heterocycles. The summed E-state index contributed by atoms with van der Waals surface area (Å²) in [6.45, 7) is 1.71. The summed E-state index contributed by atoms with van der Waals surface area (Å²) in [5.41, 5.74) is 3.94. The molecule has 4 rings (SSSR count). The van der Waals surface area contributed by atoms with Gasteiger partial charge in [0, 0.05) is 29.5 Å². The number of ether oxygens (including phenoxy) is 2. The number of aromatic amines is 1. The monoisotopic (exact) mass is 533 g/mol. The average molecular weight is 535 g/mol. The first-order valence-corrected chi connectivity index (χ1v) is 11.7. The zero-order valence-corrected chi connectivity index (χ0v) is 20.5. The number of halogens is 3. The van der Waals surface area contributed by atoms with Crippen molar-refractivity contribution in [3.8, 4) is 11.5 Å². The van der Waals surface area contributed by atoms with Crippen molar-refractivity contribution in [2.24, 2.45) is 0 Å². The number of imidazole rings is 1. The molecule has 4 aromatic rings. The average Bonchev–Trinajstić information content (AvgIpc) is 3.21. The number of rotatable bonds is 9. The number of fused-ring (bicyclic) bond motifs is 1. The van der Waals surface area contributed by atoms with Crippen molar-refractivity contribution in [1.82, 2.24) is 15.3 Å². The van der Waals surface area contributed by atoms with Crippen LogP contribution < -0.4 is 14.8 Å². The van der Waals surface area contributed by atoms with Crippen molar-refractivity contribution < 1.29 is 9.47 Å². The zero-order chi connectivity index (χ0) is 22.5. The Kier molecular flexibility index (Phi) is 7.58. The van der Waals surface area contributed by atoms with E-state index in [9.17, 15) is 0 Å². The molecular formula is C24H22BrCl2N3O2. The van der Waals surface area contributed by atoms with Crippen molar-refractivity contribution in [1.29, 1.82) is 0 Å². The highest BCUT2D eigenvalue weighted by Gasteiger charge is 2.15. The fourth-order valence-corrected chi connectivity index (χ4v) is 4.17. The Hall–Kier alpha value is -2.25. The first kappa shape index (κ1) is 22.9. The standard InChI is InChI=1S/C24H22BrCl2N3O2/c1-31-22-9-7-17(25)16(24(22)32-14-15-6-8-18(26)19(27)12-15)13-28-11-10-23-29-20-4-2-3-5-21(20)30-23/h2-9,12,28H,10-11,13-14H2,1H3,(H,29,30). The van der Waals surface area contributed by atoms with E-state index in [-0.39, 0.29) is 0 Å². The summed E-state index contributed by atoms with van der Waals surface area (Å²) < 4.78 is 12.6. The number of para-hydroxylation sites is 2. The van der Waals surface area contributed by atoms with Crippen LogP contribution in [0.4, 0.5) is 0 Å². The molecule has 0 aliphatic rings. The number of H-pyrrole nitrogens is 1. The lowest BCUT2D eigenvalue weighted by Crippen LogP contribution is -2.18. The third-order valence-electron chi connectivity index (χ3n) is 5.03. The van der Waals surface area contributed by atoms with Crippen LogP contribution in [0.25, 0.3) is 11.0 Å². The lowest BCUT2D eigenvalue weighted by atomic mass is 10.1. The Balaban J connectivity index is 1.43. The van der Waals surface area contributed by atoms with Crippen LogP contribution in [0.1, 0.15) is 17.0 Å². The van der Waals surface area contributed by atoms with E-state index in [0.29, 0.717) is 34.7 Å². The molecule has 5 nitrogen and oxygen atoms in total. The van der Waals surface area contributed by atoms with Gasteiger partial charge in [-0.05, 0) is 42.0 Å². The van der Waals surface area contributed by atoms with Crippen molar-refractivity contribution in [3.63, 3.8) is 0 Å². The lowest BCUT2D eigenvalue weighted by molar-refractivity contribution is 0.280. The predicted octanol–water partition coefficient (Wildman–Crippen LogP) is 6.55. The number of hydrogen-bond acceptors (Lipinski definition) is 4. The Morgan fingerprint density at radius 3 is 2.69 bits per heavy atom. The maximum Gasteiger partial charge on any atom is 0.167 e. The number of nitrogens with one attached hydrogen (secondary N) is 2. The summed E-state index contributed by atoms with van der Waals surface area (Å²) >= 11 is 15.8. The topological polar surface area (TPSA) is 59.2 Å². The van der Waals surface area contributed by atoms with Crippen LogP contribution in [0, 0.1) is 0 Å². The van der Waals surface area contributed by atoms with E-state index < -0.39 is 0 Å². The quantitative estimate of drug-likeness (QED) is 0.239. The second kappa shape index (κ2) is 10.6. The van der Waals surface area contributed by atoms with Crippen molar-refractivity contribution in [2.45, 2.75) is 19.6 Å². The van der Waals surface area contributed by atoms with Gasteiger partial charge in [-0.3, -0.25) is 0 Å².